The lowest BCUT2D eigenvalue weighted by Crippen LogP contribution is -2.51. The fourth-order valence-corrected chi connectivity index (χ4v) is 2.92. The molecule has 18 heavy (non-hydrogen) atoms. The minimum absolute atomic E-state index is 0.0174. The van der Waals surface area contributed by atoms with E-state index in [-0.39, 0.29) is 5.54 Å². The molecule has 2 rings (SSSR count). The number of anilines is 1. The summed E-state index contributed by atoms with van der Waals surface area (Å²) in [5.74, 6) is 0.604. The van der Waals surface area contributed by atoms with Crippen LogP contribution in [0.15, 0.2) is 29.3 Å². The van der Waals surface area contributed by atoms with E-state index in [2.05, 4.69) is 23.7 Å². The van der Waals surface area contributed by atoms with E-state index in [0.717, 1.165) is 36.5 Å². The summed E-state index contributed by atoms with van der Waals surface area (Å²) in [5, 5.41) is 0.730. The average molecular weight is 266 g/mol. The molecule has 2 N–H and O–H groups in total. The van der Waals surface area contributed by atoms with Crippen LogP contribution in [0.2, 0.25) is 5.02 Å². The van der Waals surface area contributed by atoms with Crippen molar-refractivity contribution in [3.63, 3.8) is 0 Å². The van der Waals surface area contributed by atoms with Crippen molar-refractivity contribution in [1.82, 2.24) is 0 Å². The number of hydrogen-bond donors (Lipinski definition) is 1. The molecule has 1 aliphatic rings. The van der Waals surface area contributed by atoms with Crippen molar-refractivity contribution in [2.45, 2.75) is 38.6 Å². The molecule has 1 aliphatic heterocycles. The van der Waals surface area contributed by atoms with E-state index < -0.39 is 0 Å². The van der Waals surface area contributed by atoms with Gasteiger partial charge in [0.2, 0.25) is 0 Å². The number of benzene rings is 1. The maximum Gasteiger partial charge on any atom is 0.196 e. The van der Waals surface area contributed by atoms with E-state index in [1.807, 2.05) is 24.3 Å². The molecule has 0 saturated heterocycles. The predicted molar refractivity (Wildman–Crippen MR) is 78.4 cm³/mol. The fourth-order valence-electron chi connectivity index (χ4n) is 2.74. The van der Waals surface area contributed by atoms with Crippen LogP contribution >= 0.6 is 11.6 Å². The zero-order valence-electron chi connectivity index (χ0n) is 11.0. The first-order valence-corrected chi connectivity index (χ1v) is 6.86. The average Bonchev–Trinajstić information content (AvgIpc) is 2.68. The maximum atomic E-state index is 6.08. The molecule has 4 heteroatoms. The molecule has 0 amide bonds. The molecular weight excluding hydrogens is 246 g/mol. The van der Waals surface area contributed by atoms with E-state index in [1.54, 1.807) is 0 Å². The normalized spacial score (nSPS) is 23.3. The van der Waals surface area contributed by atoms with Gasteiger partial charge in [-0.15, -0.1) is 0 Å². The lowest BCUT2D eigenvalue weighted by atomic mass is 9.89. The van der Waals surface area contributed by atoms with Gasteiger partial charge >= 0.3 is 0 Å². The summed E-state index contributed by atoms with van der Waals surface area (Å²) < 4.78 is 0. The van der Waals surface area contributed by atoms with Gasteiger partial charge in [-0.25, -0.2) is 0 Å². The summed E-state index contributed by atoms with van der Waals surface area (Å²) in [5.41, 5.74) is 7.13. The topological polar surface area (TPSA) is 41.6 Å². The van der Waals surface area contributed by atoms with Crippen LogP contribution in [-0.2, 0) is 0 Å². The number of hydrogen-bond acceptors (Lipinski definition) is 3. The van der Waals surface area contributed by atoms with Crippen molar-refractivity contribution in [3.05, 3.63) is 29.3 Å². The first-order chi connectivity index (χ1) is 8.63. The van der Waals surface area contributed by atoms with E-state index in [4.69, 9.17) is 17.3 Å². The van der Waals surface area contributed by atoms with Crippen LogP contribution in [0.1, 0.15) is 33.1 Å². The molecule has 1 aromatic rings. The molecule has 3 nitrogen and oxygen atoms in total. The third-order valence-corrected chi connectivity index (χ3v) is 3.91. The second-order valence-corrected chi connectivity index (χ2v) is 5.25. The first-order valence-electron chi connectivity index (χ1n) is 6.48. The molecule has 0 aliphatic carbocycles. The van der Waals surface area contributed by atoms with Crippen molar-refractivity contribution in [2.24, 2.45) is 10.7 Å². The van der Waals surface area contributed by atoms with Gasteiger partial charge in [0.15, 0.2) is 5.96 Å². The van der Waals surface area contributed by atoms with Crippen LogP contribution in [-0.4, -0.2) is 18.0 Å². The van der Waals surface area contributed by atoms with Gasteiger partial charge in [0.05, 0.1) is 12.1 Å². The number of halogens is 1. The Hall–Kier alpha value is -1.22. The Morgan fingerprint density at radius 2 is 2.22 bits per heavy atom. The SMILES string of the molecule is CCCC1(CC)CN=C(N)N1c1cccc(Cl)c1. The van der Waals surface area contributed by atoms with E-state index in [1.165, 1.54) is 0 Å². The van der Waals surface area contributed by atoms with Crippen LogP contribution in [0.4, 0.5) is 5.69 Å². The molecule has 1 heterocycles. The van der Waals surface area contributed by atoms with Crippen LogP contribution < -0.4 is 10.6 Å². The standard InChI is InChI=1S/C14H20ClN3/c1-3-8-14(4-2)10-17-13(16)18(14)12-7-5-6-11(15)9-12/h5-7,9H,3-4,8,10H2,1-2H3,(H2,16,17). The Morgan fingerprint density at radius 3 is 2.83 bits per heavy atom. The number of aliphatic imine (C=N–C) groups is 1. The minimum Gasteiger partial charge on any atom is -0.369 e. The van der Waals surface area contributed by atoms with Gasteiger partial charge in [0, 0.05) is 10.7 Å². The molecule has 0 bridgehead atoms. The Bertz CT molecular complexity index is 458. The highest BCUT2D eigenvalue weighted by atomic mass is 35.5. The molecule has 1 aromatic carbocycles. The summed E-state index contributed by atoms with van der Waals surface area (Å²) in [7, 11) is 0. The second-order valence-electron chi connectivity index (χ2n) is 4.82. The largest absolute Gasteiger partial charge is 0.369 e. The summed E-state index contributed by atoms with van der Waals surface area (Å²) in [4.78, 5) is 6.60. The molecule has 0 spiro atoms. The van der Waals surface area contributed by atoms with Gasteiger partial charge in [-0.2, -0.15) is 0 Å². The molecule has 0 aromatic heterocycles. The third kappa shape index (κ3) is 2.19. The maximum absolute atomic E-state index is 6.08. The summed E-state index contributed by atoms with van der Waals surface area (Å²) in [6, 6.07) is 7.83. The van der Waals surface area contributed by atoms with Crippen molar-refractivity contribution in [2.75, 3.05) is 11.4 Å². The Labute approximate surface area is 114 Å². The summed E-state index contributed by atoms with van der Waals surface area (Å²) in [6.07, 6.45) is 3.23. The first kappa shape index (κ1) is 13.2. The third-order valence-electron chi connectivity index (χ3n) is 3.68. The quantitative estimate of drug-likeness (QED) is 0.906. The van der Waals surface area contributed by atoms with Gasteiger partial charge in [-0.3, -0.25) is 4.99 Å². The Kier molecular flexibility index (Phi) is 3.81. The highest BCUT2D eigenvalue weighted by Gasteiger charge is 2.40. The van der Waals surface area contributed by atoms with E-state index >= 15 is 0 Å². The highest BCUT2D eigenvalue weighted by molar-refractivity contribution is 6.31. The van der Waals surface area contributed by atoms with Crippen molar-refractivity contribution in [3.8, 4) is 0 Å². The molecule has 0 saturated carbocycles. The van der Waals surface area contributed by atoms with Gasteiger partial charge in [0.25, 0.3) is 0 Å². The lowest BCUT2D eigenvalue weighted by Gasteiger charge is -2.38. The Morgan fingerprint density at radius 1 is 1.44 bits per heavy atom. The van der Waals surface area contributed by atoms with E-state index in [0.29, 0.717) is 5.96 Å². The number of rotatable bonds is 4. The van der Waals surface area contributed by atoms with Gasteiger partial charge in [-0.1, -0.05) is 37.9 Å². The van der Waals surface area contributed by atoms with Gasteiger partial charge in [0.1, 0.15) is 0 Å². The van der Waals surface area contributed by atoms with E-state index in [9.17, 15) is 0 Å². The lowest BCUT2D eigenvalue weighted by molar-refractivity contribution is 0.404. The van der Waals surface area contributed by atoms with Crippen LogP contribution in [0, 0.1) is 0 Å². The molecule has 1 unspecified atom stereocenters. The summed E-state index contributed by atoms with van der Waals surface area (Å²) >= 11 is 6.08. The van der Waals surface area contributed by atoms with Gasteiger partial charge in [-0.05, 0) is 31.0 Å². The second kappa shape index (κ2) is 5.19. The fraction of sp³-hybridized carbons (Fsp3) is 0.500. The van der Waals surface area contributed by atoms with Gasteiger partial charge < -0.3 is 10.6 Å². The van der Waals surface area contributed by atoms with Crippen LogP contribution in [0.3, 0.4) is 0 Å². The predicted octanol–water partition coefficient (Wildman–Crippen LogP) is 3.42. The molecular formula is C14H20ClN3. The highest BCUT2D eigenvalue weighted by Crippen LogP contribution is 2.35. The van der Waals surface area contributed by atoms with Crippen molar-refractivity contribution >= 4 is 23.2 Å². The van der Waals surface area contributed by atoms with Crippen LogP contribution in [0.25, 0.3) is 0 Å². The Balaban J connectivity index is 2.41. The number of nitrogens with two attached hydrogens (primary N) is 1. The monoisotopic (exact) mass is 265 g/mol. The summed E-state index contributed by atoms with van der Waals surface area (Å²) in [6.45, 7) is 5.17. The molecule has 1 atom stereocenters. The van der Waals surface area contributed by atoms with Crippen LogP contribution in [0.5, 0.6) is 0 Å². The smallest absolute Gasteiger partial charge is 0.196 e. The zero-order valence-corrected chi connectivity index (χ0v) is 11.7. The minimum atomic E-state index is 0.0174. The zero-order chi connectivity index (χ0) is 13.2. The number of guanidine groups is 1. The molecule has 0 fully saturated rings. The molecule has 0 radical (unpaired) electrons. The number of nitrogens with zero attached hydrogens (tertiary/aromatic N) is 2. The molecule has 98 valence electrons. The van der Waals surface area contributed by atoms with Crippen molar-refractivity contribution in [1.29, 1.82) is 0 Å². The van der Waals surface area contributed by atoms with Crippen molar-refractivity contribution < 1.29 is 0 Å².